The minimum atomic E-state index is -1.21. The zero-order valence-electron chi connectivity index (χ0n) is 13.3. The van der Waals surface area contributed by atoms with Gasteiger partial charge in [0.05, 0.1) is 6.10 Å². The van der Waals surface area contributed by atoms with Crippen LogP contribution < -0.4 is 4.74 Å². The molecule has 1 aliphatic heterocycles. The maximum atomic E-state index is 10.2. The van der Waals surface area contributed by atoms with E-state index in [9.17, 15) is 10.2 Å². The average Bonchev–Trinajstić information content (AvgIpc) is 2.53. The van der Waals surface area contributed by atoms with E-state index in [4.69, 9.17) is 14.2 Å². The number of para-hydroxylation sites is 1. The van der Waals surface area contributed by atoms with Gasteiger partial charge in [-0.05, 0) is 26.0 Å². The number of aryl methyl sites for hydroxylation is 1. The van der Waals surface area contributed by atoms with Crippen LogP contribution in [0.3, 0.4) is 0 Å². The number of pyridine rings is 1. The summed E-state index contributed by atoms with van der Waals surface area (Å²) in [7, 11) is 1.47. The highest BCUT2D eigenvalue weighted by molar-refractivity contribution is 5.84. The molecule has 3 rings (SSSR count). The lowest BCUT2D eigenvalue weighted by atomic mass is 10.00. The summed E-state index contributed by atoms with van der Waals surface area (Å²) in [4.78, 5) is 4.49. The summed E-state index contributed by atoms with van der Waals surface area (Å²) in [5, 5.41) is 21.3. The minimum Gasteiger partial charge on any atom is -0.460 e. The summed E-state index contributed by atoms with van der Waals surface area (Å²) in [6.45, 7) is 3.67. The van der Waals surface area contributed by atoms with Crippen LogP contribution in [0.1, 0.15) is 12.6 Å². The Hall–Kier alpha value is -1.73. The van der Waals surface area contributed by atoms with Gasteiger partial charge in [0.25, 0.3) is 0 Å². The van der Waals surface area contributed by atoms with Crippen molar-refractivity contribution in [2.75, 3.05) is 7.11 Å². The highest BCUT2D eigenvalue weighted by Gasteiger charge is 2.44. The standard InChI is InChI=1S/C17H21NO5/c1-9-7-8-11-5-4-6-12(13(11)18-9)23-17-15(20)14(19)16(21-3)10(2)22-17/h4-8,10,14-17,19-20H,1-3H3/t10-,14-,15+,16-,17-/m0/s1. The second-order valence-electron chi connectivity index (χ2n) is 5.79. The lowest BCUT2D eigenvalue weighted by Crippen LogP contribution is -2.58. The van der Waals surface area contributed by atoms with E-state index in [1.165, 1.54) is 7.11 Å². The molecule has 0 amide bonds. The first-order valence-corrected chi connectivity index (χ1v) is 7.58. The smallest absolute Gasteiger partial charge is 0.229 e. The quantitative estimate of drug-likeness (QED) is 0.890. The molecule has 1 aliphatic rings. The van der Waals surface area contributed by atoms with Crippen LogP contribution in [0.15, 0.2) is 30.3 Å². The predicted molar refractivity (Wildman–Crippen MR) is 84.3 cm³/mol. The third kappa shape index (κ3) is 3.03. The minimum absolute atomic E-state index is 0.409. The first kappa shape index (κ1) is 16.1. The molecule has 0 saturated carbocycles. The van der Waals surface area contributed by atoms with Gasteiger partial charge < -0.3 is 24.4 Å². The van der Waals surface area contributed by atoms with Crippen LogP contribution in [0, 0.1) is 6.92 Å². The zero-order valence-corrected chi connectivity index (χ0v) is 13.3. The van der Waals surface area contributed by atoms with Crippen molar-refractivity contribution < 1.29 is 24.4 Å². The van der Waals surface area contributed by atoms with Gasteiger partial charge >= 0.3 is 0 Å². The van der Waals surface area contributed by atoms with Crippen molar-refractivity contribution >= 4 is 10.9 Å². The Kier molecular flexibility index (Phi) is 4.50. The molecular formula is C17H21NO5. The third-order valence-corrected chi connectivity index (χ3v) is 4.11. The molecule has 0 unspecified atom stereocenters. The van der Waals surface area contributed by atoms with Gasteiger partial charge in [-0.3, -0.25) is 0 Å². The normalized spacial score (nSPS) is 31.3. The van der Waals surface area contributed by atoms with E-state index in [-0.39, 0.29) is 0 Å². The molecule has 6 heteroatoms. The summed E-state index contributed by atoms with van der Waals surface area (Å²) in [5.74, 6) is 0.505. The van der Waals surface area contributed by atoms with Crippen molar-refractivity contribution in [1.29, 1.82) is 0 Å². The molecule has 2 aromatic rings. The average molecular weight is 319 g/mol. The van der Waals surface area contributed by atoms with Gasteiger partial charge in [-0.15, -0.1) is 0 Å². The summed E-state index contributed by atoms with van der Waals surface area (Å²) in [6.07, 6.45) is -4.29. The maximum absolute atomic E-state index is 10.2. The van der Waals surface area contributed by atoms with Gasteiger partial charge in [-0.2, -0.15) is 0 Å². The Morgan fingerprint density at radius 3 is 2.65 bits per heavy atom. The molecule has 6 nitrogen and oxygen atoms in total. The number of rotatable bonds is 3. The maximum Gasteiger partial charge on any atom is 0.229 e. The molecule has 2 heterocycles. The number of aliphatic hydroxyl groups is 2. The highest BCUT2D eigenvalue weighted by Crippen LogP contribution is 2.29. The molecule has 0 radical (unpaired) electrons. The van der Waals surface area contributed by atoms with E-state index in [0.29, 0.717) is 11.3 Å². The van der Waals surface area contributed by atoms with Gasteiger partial charge in [-0.1, -0.05) is 18.2 Å². The van der Waals surface area contributed by atoms with Crippen LogP contribution in [-0.2, 0) is 9.47 Å². The van der Waals surface area contributed by atoms with Crippen molar-refractivity contribution in [3.8, 4) is 5.75 Å². The topological polar surface area (TPSA) is 81.0 Å². The second-order valence-corrected chi connectivity index (χ2v) is 5.79. The summed E-state index contributed by atoms with van der Waals surface area (Å²) >= 11 is 0. The molecule has 0 bridgehead atoms. The van der Waals surface area contributed by atoms with Gasteiger partial charge in [0.15, 0.2) is 0 Å². The van der Waals surface area contributed by atoms with E-state index in [1.54, 1.807) is 13.0 Å². The van der Waals surface area contributed by atoms with Crippen molar-refractivity contribution in [3.63, 3.8) is 0 Å². The largest absolute Gasteiger partial charge is 0.460 e. The fourth-order valence-corrected chi connectivity index (χ4v) is 2.87. The predicted octanol–water partition coefficient (Wildman–Crippen LogP) is 1.40. The number of benzene rings is 1. The van der Waals surface area contributed by atoms with Gasteiger partial charge in [0, 0.05) is 18.2 Å². The van der Waals surface area contributed by atoms with Crippen LogP contribution in [0.25, 0.3) is 10.9 Å². The second kappa shape index (κ2) is 6.41. The van der Waals surface area contributed by atoms with Gasteiger partial charge in [0.1, 0.15) is 29.6 Å². The van der Waals surface area contributed by atoms with E-state index < -0.39 is 30.7 Å². The van der Waals surface area contributed by atoms with Crippen LogP contribution >= 0.6 is 0 Å². The molecule has 1 fully saturated rings. The molecule has 2 N–H and O–H groups in total. The molecule has 23 heavy (non-hydrogen) atoms. The number of aliphatic hydroxyl groups excluding tert-OH is 2. The lowest BCUT2D eigenvalue weighted by molar-refractivity contribution is -0.272. The fourth-order valence-electron chi connectivity index (χ4n) is 2.87. The Balaban J connectivity index is 1.89. The highest BCUT2D eigenvalue weighted by atomic mass is 16.7. The van der Waals surface area contributed by atoms with E-state index in [2.05, 4.69) is 4.98 Å². The summed E-state index contributed by atoms with van der Waals surface area (Å²) in [6, 6.07) is 9.44. The molecule has 1 aromatic carbocycles. The number of hydrogen-bond donors (Lipinski definition) is 2. The van der Waals surface area contributed by atoms with Crippen LogP contribution in [-0.4, -0.2) is 53.0 Å². The number of ether oxygens (including phenoxy) is 3. The van der Waals surface area contributed by atoms with E-state index in [0.717, 1.165) is 11.1 Å². The first-order valence-electron chi connectivity index (χ1n) is 7.58. The van der Waals surface area contributed by atoms with Crippen molar-refractivity contribution in [3.05, 3.63) is 36.0 Å². The van der Waals surface area contributed by atoms with Gasteiger partial charge in [0.2, 0.25) is 6.29 Å². The molecule has 5 atom stereocenters. The fraction of sp³-hybridized carbons (Fsp3) is 0.471. The number of methoxy groups -OCH3 is 1. The monoisotopic (exact) mass is 319 g/mol. The Bertz CT molecular complexity index is 692. The Morgan fingerprint density at radius 1 is 1.13 bits per heavy atom. The molecule has 0 spiro atoms. The summed E-state index contributed by atoms with van der Waals surface area (Å²) in [5.41, 5.74) is 1.56. The van der Waals surface area contributed by atoms with Crippen LogP contribution in [0.4, 0.5) is 0 Å². The van der Waals surface area contributed by atoms with Crippen molar-refractivity contribution in [1.82, 2.24) is 4.98 Å². The number of aromatic nitrogens is 1. The third-order valence-electron chi connectivity index (χ3n) is 4.11. The van der Waals surface area contributed by atoms with E-state index in [1.807, 2.05) is 31.2 Å². The molecule has 124 valence electrons. The van der Waals surface area contributed by atoms with Crippen molar-refractivity contribution in [2.24, 2.45) is 0 Å². The lowest BCUT2D eigenvalue weighted by Gasteiger charge is -2.40. The van der Waals surface area contributed by atoms with Gasteiger partial charge in [-0.25, -0.2) is 4.98 Å². The number of hydrogen-bond acceptors (Lipinski definition) is 6. The Morgan fingerprint density at radius 2 is 1.91 bits per heavy atom. The molecule has 0 aliphatic carbocycles. The van der Waals surface area contributed by atoms with Crippen LogP contribution in [0.5, 0.6) is 5.75 Å². The summed E-state index contributed by atoms with van der Waals surface area (Å²) < 4.78 is 16.7. The first-order chi connectivity index (χ1) is 11.0. The molecule has 1 saturated heterocycles. The number of fused-ring (bicyclic) bond motifs is 1. The van der Waals surface area contributed by atoms with Crippen LogP contribution in [0.2, 0.25) is 0 Å². The van der Waals surface area contributed by atoms with E-state index >= 15 is 0 Å². The molecule has 1 aromatic heterocycles. The van der Waals surface area contributed by atoms with Crippen molar-refractivity contribution in [2.45, 2.75) is 44.6 Å². The number of nitrogens with zero attached hydrogens (tertiary/aromatic N) is 1. The Labute approximate surface area is 134 Å². The SMILES string of the molecule is CO[C@@H]1[C@@H](O)[C@@H](O)[C@H](Oc2cccc3ccc(C)nc23)O[C@H]1C. The molecular weight excluding hydrogens is 298 g/mol. The zero-order chi connectivity index (χ0) is 16.6.